The molecule has 4 rings (SSSR count). The molecular weight excluding hydrogens is 262 g/mol. The van der Waals surface area contributed by atoms with Crippen molar-refractivity contribution in [2.75, 3.05) is 0 Å². The molecular formula is C18H11NO2. The van der Waals surface area contributed by atoms with Crippen molar-refractivity contribution in [3.05, 3.63) is 77.5 Å². The van der Waals surface area contributed by atoms with Crippen LogP contribution in [0.1, 0.15) is 21.6 Å². The minimum Gasteiger partial charge on any atom is -0.354 e. The van der Waals surface area contributed by atoms with Crippen LogP contribution < -0.4 is 0 Å². The smallest absolute Gasteiger partial charge is 0.235 e. The van der Waals surface area contributed by atoms with E-state index in [9.17, 15) is 9.59 Å². The highest BCUT2D eigenvalue weighted by Gasteiger charge is 2.30. The molecule has 0 bridgehead atoms. The lowest BCUT2D eigenvalue weighted by atomic mass is 9.89. The van der Waals surface area contributed by atoms with Crippen molar-refractivity contribution < 1.29 is 9.59 Å². The van der Waals surface area contributed by atoms with Gasteiger partial charge in [-0.15, -0.1) is 0 Å². The number of aromatic amines is 1. The van der Waals surface area contributed by atoms with E-state index < -0.39 is 11.6 Å². The number of carbonyl (C=O) groups is 2. The van der Waals surface area contributed by atoms with E-state index in [0.29, 0.717) is 5.56 Å². The second-order valence-electron chi connectivity index (χ2n) is 5.04. The van der Waals surface area contributed by atoms with Gasteiger partial charge in [0.2, 0.25) is 11.6 Å². The number of carbonyl (C=O) groups excluding carboxylic acids is 2. The number of hydrogen-bond acceptors (Lipinski definition) is 2. The summed E-state index contributed by atoms with van der Waals surface area (Å²) >= 11 is 0. The summed E-state index contributed by atoms with van der Waals surface area (Å²) in [6, 6.07) is 17.2. The third kappa shape index (κ3) is 1.68. The lowest BCUT2D eigenvalue weighted by molar-refractivity contribution is -0.110. The maximum atomic E-state index is 12.3. The molecule has 3 aromatic rings. The van der Waals surface area contributed by atoms with Crippen LogP contribution in [0.15, 0.2) is 60.7 Å². The first-order chi connectivity index (χ1) is 10.3. The molecule has 0 spiro atoms. The van der Waals surface area contributed by atoms with Crippen molar-refractivity contribution in [2.24, 2.45) is 0 Å². The maximum absolute atomic E-state index is 12.3. The Morgan fingerprint density at radius 3 is 2.33 bits per heavy atom. The SMILES string of the molecule is O=C1C=C(c2ccccc2)c2[nH]c3ccccc3c2C1=O. The molecule has 0 amide bonds. The Hall–Kier alpha value is -2.94. The monoisotopic (exact) mass is 273 g/mol. The summed E-state index contributed by atoms with van der Waals surface area (Å²) in [5, 5.41) is 0.799. The zero-order valence-electron chi connectivity index (χ0n) is 11.1. The van der Waals surface area contributed by atoms with E-state index >= 15 is 0 Å². The molecule has 0 aliphatic heterocycles. The molecule has 1 aliphatic rings. The normalized spacial score (nSPS) is 14.2. The number of benzene rings is 2. The van der Waals surface area contributed by atoms with Crippen LogP contribution in [0.4, 0.5) is 0 Å². The van der Waals surface area contributed by atoms with Gasteiger partial charge in [0.1, 0.15) is 0 Å². The standard InChI is InChI=1S/C18H11NO2/c20-15-10-13(11-6-2-1-3-7-11)17-16(18(15)21)12-8-4-5-9-14(12)19-17/h1-10,19H. The van der Waals surface area contributed by atoms with Crippen LogP contribution >= 0.6 is 0 Å². The molecule has 1 N–H and O–H groups in total. The van der Waals surface area contributed by atoms with Crippen molar-refractivity contribution in [2.45, 2.75) is 0 Å². The molecule has 3 nitrogen and oxygen atoms in total. The molecule has 1 aromatic heterocycles. The second kappa shape index (κ2) is 4.28. The zero-order valence-corrected chi connectivity index (χ0v) is 11.1. The van der Waals surface area contributed by atoms with E-state index in [1.165, 1.54) is 6.08 Å². The van der Waals surface area contributed by atoms with Gasteiger partial charge in [0.25, 0.3) is 0 Å². The summed E-state index contributed by atoms with van der Waals surface area (Å²) in [5.74, 6) is -0.909. The number of allylic oxidation sites excluding steroid dienone is 1. The third-order valence-corrected chi connectivity index (χ3v) is 3.79. The summed E-state index contributed by atoms with van der Waals surface area (Å²) in [6.45, 7) is 0. The van der Waals surface area contributed by atoms with Crippen molar-refractivity contribution in [3.63, 3.8) is 0 Å². The predicted octanol–water partition coefficient (Wildman–Crippen LogP) is 3.37. The number of nitrogens with one attached hydrogen (secondary N) is 1. The lowest BCUT2D eigenvalue weighted by Crippen LogP contribution is -2.18. The Morgan fingerprint density at radius 1 is 0.810 bits per heavy atom. The van der Waals surface area contributed by atoms with Crippen molar-refractivity contribution in [3.8, 4) is 0 Å². The van der Waals surface area contributed by atoms with Gasteiger partial charge < -0.3 is 4.98 Å². The Bertz CT molecular complexity index is 917. The highest BCUT2D eigenvalue weighted by atomic mass is 16.2. The largest absolute Gasteiger partial charge is 0.354 e. The Labute approximate surface area is 120 Å². The number of aromatic nitrogens is 1. The van der Waals surface area contributed by atoms with E-state index in [4.69, 9.17) is 0 Å². The number of fused-ring (bicyclic) bond motifs is 3. The third-order valence-electron chi connectivity index (χ3n) is 3.79. The summed E-state index contributed by atoms with van der Waals surface area (Å²) < 4.78 is 0. The molecule has 1 heterocycles. The number of para-hydroxylation sites is 1. The van der Waals surface area contributed by atoms with Gasteiger partial charge in [0, 0.05) is 16.5 Å². The van der Waals surface area contributed by atoms with Gasteiger partial charge >= 0.3 is 0 Å². The zero-order chi connectivity index (χ0) is 14.4. The summed E-state index contributed by atoms with van der Waals surface area (Å²) in [4.78, 5) is 27.6. The fourth-order valence-corrected chi connectivity index (χ4v) is 2.82. The van der Waals surface area contributed by atoms with Gasteiger partial charge in [-0.25, -0.2) is 0 Å². The first-order valence-corrected chi connectivity index (χ1v) is 6.72. The number of hydrogen-bond donors (Lipinski definition) is 1. The van der Waals surface area contributed by atoms with Crippen LogP contribution in [-0.4, -0.2) is 16.6 Å². The van der Waals surface area contributed by atoms with E-state index in [1.54, 1.807) is 0 Å². The average Bonchev–Trinajstić information content (AvgIpc) is 2.91. The average molecular weight is 273 g/mol. The van der Waals surface area contributed by atoms with Gasteiger partial charge in [-0.2, -0.15) is 0 Å². The van der Waals surface area contributed by atoms with Crippen LogP contribution in [0.2, 0.25) is 0 Å². The number of Topliss-reactive ketones (excluding diaryl/α,β-unsaturated/α-hetero) is 1. The van der Waals surface area contributed by atoms with Crippen molar-refractivity contribution >= 4 is 28.0 Å². The maximum Gasteiger partial charge on any atom is 0.235 e. The molecule has 0 radical (unpaired) electrons. The number of ketones is 2. The molecule has 0 fully saturated rings. The fraction of sp³-hybridized carbons (Fsp3) is 0. The number of H-pyrrole nitrogens is 1. The van der Waals surface area contributed by atoms with Gasteiger partial charge in [-0.3, -0.25) is 9.59 Å². The molecule has 2 aromatic carbocycles. The van der Waals surface area contributed by atoms with Gasteiger partial charge in [-0.1, -0.05) is 48.5 Å². The lowest BCUT2D eigenvalue weighted by Gasteiger charge is -2.12. The predicted molar refractivity (Wildman–Crippen MR) is 81.2 cm³/mol. The Morgan fingerprint density at radius 2 is 1.52 bits per heavy atom. The fourth-order valence-electron chi connectivity index (χ4n) is 2.82. The van der Waals surface area contributed by atoms with Crippen LogP contribution in [0.3, 0.4) is 0 Å². The Balaban J connectivity index is 2.06. The van der Waals surface area contributed by atoms with Gasteiger partial charge in [0.05, 0.1) is 11.3 Å². The quantitative estimate of drug-likeness (QED) is 0.691. The van der Waals surface area contributed by atoms with Gasteiger partial charge in [-0.05, 0) is 17.7 Å². The minimum absolute atomic E-state index is 0.442. The van der Waals surface area contributed by atoms with Crippen LogP contribution in [0.25, 0.3) is 16.5 Å². The number of rotatable bonds is 1. The molecule has 0 atom stereocenters. The summed E-state index contributed by atoms with van der Waals surface area (Å²) in [7, 11) is 0. The molecule has 1 aliphatic carbocycles. The molecule has 21 heavy (non-hydrogen) atoms. The van der Waals surface area contributed by atoms with Gasteiger partial charge in [0.15, 0.2) is 0 Å². The molecule has 0 unspecified atom stereocenters. The molecule has 0 saturated heterocycles. The van der Waals surface area contributed by atoms with E-state index in [2.05, 4.69) is 4.98 Å². The van der Waals surface area contributed by atoms with Crippen molar-refractivity contribution in [1.29, 1.82) is 0 Å². The Kier molecular flexibility index (Phi) is 2.42. The summed E-state index contributed by atoms with van der Waals surface area (Å²) in [6.07, 6.45) is 1.43. The van der Waals surface area contributed by atoms with E-state index in [0.717, 1.165) is 27.7 Å². The highest BCUT2D eigenvalue weighted by Crippen LogP contribution is 2.34. The van der Waals surface area contributed by atoms with E-state index in [1.807, 2.05) is 54.6 Å². The molecule has 3 heteroatoms. The van der Waals surface area contributed by atoms with Crippen LogP contribution in [-0.2, 0) is 4.79 Å². The van der Waals surface area contributed by atoms with Crippen LogP contribution in [0.5, 0.6) is 0 Å². The highest BCUT2D eigenvalue weighted by molar-refractivity contribution is 6.52. The topological polar surface area (TPSA) is 49.9 Å². The van der Waals surface area contributed by atoms with Crippen molar-refractivity contribution in [1.82, 2.24) is 4.98 Å². The molecule has 0 saturated carbocycles. The molecule has 100 valence electrons. The second-order valence-corrected chi connectivity index (χ2v) is 5.04. The minimum atomic E-state index is -0.467. The van der Waals surface area contributed by atoms with Crippen LogP contribution in [0, 0.1) is 0 Å². The first kappa shape index (κ1) is 11.9. The first-order valence-electron chi connectivity index (χ1n) is 6.72. The summed E-state index contributed by atoms with van der Waals surface area (Å²) in [5.41, 5.74) is 3.77. The van der Waals surface area contributed by atoms with E-state index in [-0.39, 0.29) is 0 Å².